The van der Waals surface area contributed by atoms with E-state index in [0.29, 0.717) is 18.2 Å². The number of amides is 1. The van der Waals surface area contributed by atoms with Crippen molar-refractivity contribution in [1.29, 1.82) is 0 Å². The number of carbonyl (C=O) groups excluding carboxylic acids is 1. The van der Waals surface area contributed by atoms with E-state index in [1.807, 2.05) is 41.1 Å². The van der Waals surface area contributed by atoms with Crippen molar-refractivity contribution in [3.8, 4) is 0 Å². The van der Waals surface area contributed by atoms with Crippen molar-refractivity contribution in [2.45, 2.75) is 6.54 Å². The van der Waals surface area contributed by atoms with E-state index in [4.69, 9.17) is 0 Å². The Kier molecular flexibility index (Phi) is 3.28. The summed E-state index contributed by atoms with van der Waals surface area (Å²) < 4.78 is 1.88. The fraction of sp³-hybridized carbons (Fsp3) is 0.0714. The van der Waals surface area contributed by atoms with Crippen molar-refractivity contribution in [1.82, 2.24) is 19.7 Å². The smallest absolute Gasteiger partial charge is 0.275 e. The highest BCUT2D eigenvalue weighted by atomic mass is 16.2. The Labute approximate surface area is 115 Å². The summed E-state index contributed by atoms with van der Waals surface area (Å²) in [6.45, 7) is 0.652. The molecule has 0 aliphatic heterocycles. The van der Waals surface area contributed by atoms with E-state index in [-0.39, 0.29) is 5.91 Å². The van der Waals surface area contributed by atoms with Gasteiger partial charge < -0.3 is 4.57 Å². The Hall–Kier alpha value is -2.89. The summed E-state index contributed by atoms with van der Waals surface area (Å²) in [6.07, 6.45) is 5.02. The van der Waals surface area contributed by atoms with Crippen molar-refractivity contribution in [2.75, 3.05) is 5.32 Å². The molecule has 6 heteroatoms. The summed E-state index contributed by atoms with van der Waals surface area (Å²) in [5, 5.41) is 9.12. The van der Waals surface area contributed by atoms with Crippen molar-refractivity contribution in [3.05, 3.63) is 66.2 Å². The summed E-state index contributed by atoms with van der Waals surface area (Å²) in [5.74, 6) is 0.247. The lowest BCUT2D eigenvalue weighted by atomic mass is 10.2. The molecule has 0 unspecified atom stereocenters. The third kappa shape index (κ3) is 2.59. The molecular formula is C14H13N5O. The summed E-state index contributed by atoms with van der Waals surface area (Å²) in [5.41, 5.74) is 1.54. The van der Waals surface area contributed by atoms with Crippen LogP contribution in [0.15, 0.2) is 55.0 Å². The predicted octanol–water partition coefficient (Wildman–Crippen LogP) is 1.91. The molecule has 0 saturated heterocycles. The molecular weight excluding hydrogens is 254 g/mol. The number of hydrogen-bond acceptors (Lipinski definition) is 3. The van der Waals surface area contributed by atoms with Crippen LogP contribution >= 0.6 is 0 Å². The summed E-state index contributed by atoms with van der Waals surface area (Å²) in [4.78, 5) is 16.1. The van der Waals surface area contributed by atoms with Crippen LogP contribution in [0.2, 0.25) is 0 Å². The number of rotatable bonds is 4. The molecule has 2 aromatic heterocycles. The van der Waals surface area contributed by atoms with Gasteiger partial charge in [0.1, 0.15) is 5.69 Å². The number of anilines is 1. The minimum Gasteiger partial charge on any atom is -0.313 e. The summed E-state index contributed by atoms with van der Waals surface area (Å²) in [7, 11) is 0. The third-order valence-electron chi connectivity index (χ3n) is 2.88. The van der Waals surface area contributed by atoms with Gasteiger partial charge in [-0.2, -0.15) is 5.10 Å². The van der Waals surface area contributed by atoms with Crippen molar-refractivity contribution < 1.29 is 4.79 Å². The molecule has 3 aromatic rings. The number of benzene rings is 1. The van der Waals surface area contributed by atoms with Crippen LogP contribution in [0.3, 0.4) is 0 Å². The van der Waals surface area contributed by atoms with Gasteiger partial charge in [0.25, 0.3) is 5.91 Å². The molecule has 0 atom stereocenters. The molecule has 0 fully saturated rings. The number of nitrogens with one attached hydrogen (secondary N) is 2. The third-order valence-corrected chi connectivity index (χ3v) is 2.88. The molecule has 20 heavy (non-hydrogen) atoms. The van der Waals surface area contributed by atoms with Gasteiger partial charge in [-0.1, -0.05) is 30.3 Å². The highest BCUT2D eigenvalue weighted by Crippen LogP contribution is 2.10. The second-order valence-corrected chi connectivity index (χ2v) is 4.29. The van der Waals surface area contributed by atoms with E-state index in [1.54, 1.807) is 12.3 Å². The van der Waals surface area contributed by atoms with Crippen LogP contribution in [0, 0.1) is 0 Å². The SMILES string of the molecule is O=C(Nc1nccn1Cc1ccccc1)c1ccn[nH]1. The molecule has 3 rings (SSSR count). The summed E-state index contributed by atoms with van der Waals surface area (Å²) >= 11 is 0. The molecule has 2 heterocycles. The molecule has 6 nitrogen and oxygen atoms in total. The quantitative estimate of drug-likeness (QED) is 0.758. The maximum Gasteiger partial charge on any atom is 0.275 e. The van der Waals surface area contributed by atoms with Gasteiger partial charge in [-0.05, 0) is 11.6 Å². The second kappa shape index (κ2) is 5.40. The first-order valence-electron chi connectivity index (χ1n) is 6.19. The summed E-state index contributed by atoms with van der Waals surface area (Å²) in [6, 6.07) is 11.6. The average molecular weight is 267 g/mol. The number of aromatic amines is 1. The largest absolute Gasteiger partial charge is 0.313 e. The normalized spacial score (nSPS) is 10.4. The first kappa shape index (κ1) is 12.2. The number of hydrogen-bond donors (Lipinski definition) is 2. The number of nitrogens with zero attached hydrogens (tertiary/aromatic N) is 3. The Morgan fingerprint density at radius 3 is 2.80 bits per heavy atom. The second-order valence-electron chi connectivity index (χ2n) is 4.29. The van der Waals surface area contributed by atoms with Gasteiger partial charge in [0.15, 0.2) is 0 Å². The number of imidazole rings is 1. The molecule has 0 spiro atoms. The van der Waals surface area contributed by atoms with Gasteiger partial charge in [-0.3, -0.25) is 15.2 Å². The van der Waals surface area contributed by atoms with E-state index in [0.717, 1.165) is 5.56 Å². The Balaban J connectivity index is 1.75. The van der Waals surface area contributed by atoms with Gasteiger partial charge in [0.05, 0.1) is 6.54 Å². The molecule has 1 amide bonds. The minimum atomic E-state index is -0.261. The molecule has 0 radical (unpaired) electrons. The minimum absolute atomic E-state index is 0.261. The lowest BCUT2D eigenvalue weighted by molar-refractivity contribution is 0.102. The molecule has 1 aromatic carbocycles. The van der Waals surface area contributed by atoms with Crippen LogP contribution < -0.4 is 5.32 Å². The van der Waals surface area contributed by atoms with Crippen LogP contribution in [0.25, 0.3) is 0 Å². The number of H-pyrrole nitrogens is 1. The van der Waals surface area contributed by atoms with Crippen LogP contribution in [0.5, 0.6) is 0 Å². The van der Waals surface area contributed by atoms with Crippen LogP contribution in [-0.2, 0) is 6.54 Å². The molecule has 0 aliphatic carbocycles. The Morgan fingerprint density at radius 1 is 1.20 bits per heavy atom. The Bertz CT molecular complexity index is 687. The van der Waals surface area contributed by atoms with Crippen molar-refractivity contribution in [3.63, 3.8) is 0 Å². The van der Waals surface area contributed by atoms with E-state index < -0.39 is 0 Å². The predicted molar refractivity (Wildman–Crippen MR) is 74.3 cm³/mol. The Morgan fingerprint density at radius 2 is 2.05 bits per heavy atom. The molecule has 0 saturated carbocycles. The van der Waals surface area contributed by atoms with E-state index in [2.05, 4.69) is 20.5 Å². The lowest BCUT2D eigenvalue weighted by Gasteiger charge is -2.08. The molecule has 2 N–H and O–H groups in total. The van der Waals surface area contributed by atoms with Gasteiger partial charge in [0.2, 0.25) is 5.95 Å². The highest BCUT2D eigenvalue weighted by molar-refractivity contribution is 6.01. The maximum atomic E-state index is 11.9. The van der Waals surface area contributed by atoms with Crippen molar-refractivity contribution in [2.24, 2.45) is 0 Å². The first-order chi connectivity index (χ1) is 9.83. The van der Waals surface area contributed by atoms with Crippen LogP contribution in [0.4, 0.5) is 5.95 Å². The molecule has 100 valence electrons. The van der Waals surface area contributed by atoms with E-state index in [9.17, 15) is 4.79 Å². The van der Waals surface area contributed by atoms with Gasteiger partial charge in [-0.25, -0.2) is 4.98 Å². The lowest BCUT2D eigenvalue weighted by Crippen LogP contribution is -2.16. The standard InChI is InChI=1S/C14H13N5O/c20-13(12-6-7-16-18-12)17-14-15-8-9-19(14)10-11-4-2-1-3-5-11/h1-9H,10H2,(H,16,18)(H,15,17,20). The van der Waals surface area contributed by atoms with Gasteiger partial charge in [0, 0.05) is 18.6 Å². The fourth-order valence-corrected chi connectivity index (χ4v) is 1.89. The fourth-order valence-electron chi connectivity index (χ4n) is 1.89. The molecule has 0 aliphatic rings. The topological polar surface area (TPSA) is 75.6 Å². The zero-order valence-electron chi connectivity index (χ0n) is 10.7. The number of aromatic nitrogens is 4. The first-order valence-corrected chi connectivity index (χ1v) is 6.19. The average Bonchev–Trinajstić information content (AvgIpc) is 3.12. The van der Waals surface area contributed by atoms with Crippen LogP contribution in [0.1, 0.15) is 16.1 Å². The molecule has 0 bridgehead atoms. The zero-order valence-corrected chi connectivity index (χ0v) is 10.7. The number of carbonyl (C=O) groups is 1. The van der Waals surface area contributed by atoms with E-state index >= 15 is 0 Å². The maximum absolute atomic E-state index is 11.9. The van der Waals surface area contributed by atoms with Crippen LogP contribution in [-0.4, -0.2) is 25.7 Å². The van der Waals surface area contributed by atoms with Gasteiger partial charge >= 0.3 is 0 Å². The monoisotopic (exact) mass is 267 g/mol. The highest BCUT2D eigenvalue weighted by Gasteiger charge is 2.11. The van der Waals surface area contributed by atoms with Crippen molar-refractivity contribution >= 4 is 11.9 Å². The zero-order chi connectivity index (χ0) is 13.8. The van der Waals surface area contributed by atoms with E-state index in [1.165, 1.54) is 6.20 Å². The van der Waals surface area contributed by atoms with Gasteiger partial charge in [-0.15, -0.1) is 0 Å².